The molecule has 216 valence electrons. The molecular formula is C31H28F3N5O3. The molecule has 1 saturated carbocycles. The van der Waals surface area contributed by atoms with Crippen molar-refractivity contribution in [3.63, 3.8) is 0 Å². The number of aromatic hydroxyl groups is 1. The summed E-state index contributed by atoms with van der Waals surface area (Å²) < 4.78 is 57.7. The van der Waals surface area contributed by atoms with Gasteiger partial charge in [0.1, 0.15) is 41.4 Å². The lowest BCUT2D eigenvalue weighted by Crippen LogP contribution is -2.32. The van der Waals surface area contributed by atoms with Crippen molar-refractivity contribution in [1.82, 2.24) is 19.9 Å². The van der Waals surface area contributed by atoms with Gasteiger partial charge in [-0.2, -0.15) is 9.97 Å². The highest BCUT2D eigenvalue weighted by Gasteiger charge is 2.56. The number of anilines is 1. The molecule has 1 N–H and O–H groups in total. The van der Waals surface area contributed by atoms with Crippen LogP contribution in [0.2, 0.25) is 0 Å². The van der Waals surface area contributed by atoms with Gasteiger partial charge in [0.15, 0.2) is 5.82 Å². The molecule has 0 amide bonds. The molecule has 4 atom stereocenters. The topological polar surface area (TPSA) is 83.8 Å². The number of aromatic nitrogens is 3. The number of nitrogens with zero attached hydrogens (tertiary/aromatic N) is 5. The standard InChI is InChI=1S/C31H28F3N5O3/c1-3-19-23(32)7-6-16-11-18(40)12-20(24(16)19)27-26(34)28-21(13-35-27)30(39-9-10-41-15-22-25(33)29(22)39)37-31(36-28)42-14-17-5-4-8-38(17)2/h1,6-7,11-13,17,22,25,29,40H,4-5,8-10,14-15H2,2H3/t17-,22-,25-,29-/m0/s1. The van der Waals surface area contributed by atoms with Crippen molar-refractivity contribution in [2.24, 2.45) is 5.92 Å². The Hall–Kier alpha value is -4.14. The number of likely N-dealkylation sites (tertiary alicyclic amines) is 1. The molecule has 2 aliphatic heterocycles. The van der Waals surface area contributed by atoms with Gasteiger partial charge < -0.3 is 24.4 Å². The van der Waals surface area contributed by atoms with Gasteiger partial charge in [0, 0.05) is 35.7 Å². The van der Waals surface area contributed by atoms with Crippen molar-refractivity contribution < 1.29 is 27.8 Å². The van der Waals surface area contributed by atoms with Crippen molar-refractivity contribution in [3.8, 4) is 35.4 Å². The predicted molar refractivity (Wildman–Crippen MR) is 151 cm³/mol. The Balaban J connectivity index is 1.41. The molecule has 8 nitrogen and oxygen atoms in total. The highest BCUT2D eigenvalue weighted by Crippen LogP contribution is 2.45. The van der Waals surface area contributed by atoms with E-state index in [1.165, 1.54) is 30.5 Å². The van der Waals surface area contributed by atoms with E-state index in [4.69, 9.17) is 15.9 Å². The summed E-state index contributed by atoms with van der Waals surface area (Å²) in [6, 6.07) is 5.04. The van der Waals surface area contributed by atoms with E-state index in [1.807, 2.05) is 7.05 Å². The number of hydrogen-bond donors (Lipinski definition) is 1. The number of fused-ring (bicyclic) bond motifs is 3. The molecule has 0 spiro atoms. The van der Waals surface area contributed by atoms with Crippen LogP contribution in [-0.2, 0) is 4.74 Å². The smallest absolute Gasteiger partial charge is 0.319 e. The summed E-state index contributed by atoms with van der Waals surface area (Å²) in [6.45, 7) is 2.28. The minimum atomic E-state index is -1.10. The van der Waals surface area contributed by atoms with E-state index in [1.54, 1.807) is 4.90 Å². The fourth-order valence-electron chi connectivity index (χ4n) is 6.29. The summed E-state index contributed by atoms with van der Waals surface area (Å²) in [5.41, 5.74) is -0.229. The Morgan fingerprint density at radius 2 is 2.07 bits per heavy atom. The molecule has 0 unspecified atom stereocenters. The van der Waals surface area contributed by atoms with Crippen LogP contribution in [-0.4, -0.2) is 83.2 Å². The number of phenols is 1. The highest BCUT2D eigenvalue weighted by molar-refractivity contribution is 6.03. The maximum atomic E-state index is 16.6. The van der Waals surface area contributed by atoms with Gasteiger partial charge in [-0.1, -0.05) is 12.0 Å². The van der Waals surface area contributed by atoms with Crippen molar-refractivity contribution >= 4 is 27.5 Å². The molecule has 0 bridgehead atoms. The zero-order chi connectivity index (χ0) is 29.1. The minimum Gasteiger partial charge on any atom is -0.508 e. The third-order valence-corrected chi connectivity index (χ3v) is 8.62. The largest absolute Gasteiger partial charge is 0.508 e. The number of terminal acetylenes is 1. The lowest BCUT2D eigenvalue weighted by Gasteiger charge is -2.25. The average Bonchev–Trinajstić information content (AvgIpc) is 3.52. The van der Waals surface area contributed by atoms with E-state index in [2.05, 4.69) is 25.8 Å². The summed E-state index contributed by atoms with van der Waals surface area (Å²) in [6.07, 6.45) is 7.95. The van der Waals surface area contributed by atoms with Gasteiger partial charge in [-0.15, -0.1) is 6.42 Å². The zero-order valence-electron chi connectivity index (χ0n) is 22.9. The second-order valence-electron chi connectivity index (χ2n) is 11.1. The van der Waals surface area contributed by atoms with Crippen LogP contribution >= 0.6 is 0 Å². The predicted octanol–water partition coefficient (Wildman–Crippen LogP) is 4.46. The fourth-order valence-corrected chi connectivity index (χ4v) is 6.29. The summed E-state index contributed by atoms with van der Waals surface area (Å²) in [4.78, 5) is 17.5. The lowest BCUT2D eigenvalue weighted by molar-refractivity contribution is 0.130. The van der Waals surface area contributed by atoms with E-state index in [0.717, 1.165) is 19.4 Å². The quantitative estimate of drug-likeness (QED) is 0.350. The number of alkyl halides is 1. The third kappa shape index (κ3) is 4.37. The van der Waals surface area contributed by atoms with Crippen molar-refractivity contribution in [1.29, 1.82) is 0 Å². The molecule has 7 rings (SSSR count). The first-order chi connectivity index (χ1) is 20.4. The summed E-state index contributed by atoms with van der Waals surface area (Å²) in [5.74, 6) is 0.701. The number of hydrogen-bond acceptors (Lipinski definition) is 8. The van der Waals surface area contributed by atoms with Crippen LogP contribution in [0.1, 0.15) is 18.4 Å². The van der Waals surface area contributed by atoms with Crippen LogP contribution < -0.4 is 9.64 Å². The van der Waals surface area contributed by atoms with E-state index >= 15 is 4.39 Å². The molecule has 0 radical (unpaired) electrons. The first-order valence-corrected chi connectivity index (χ1v) is 14.0. The van der Waals surface area contributed by atoms with Crippen molar-refractivity contribution in [2.45, 2.75) is 31.1 Å². The molecule has 4 heterocycles. The second kappa shape index (κ2) is 10.3. The lowest BCUT2D eigenvalue weighted by atomic mass is 9.96. The molecule has 1 aliphatic carbocycles. The Morgan fingerprint density at radius 3 is 2.86 bits per heavy atom. The first kappa shape index (κ1) is 26.7. The number of halogens is 3. The monoisotopic (exact) mass is 575 g/mol. The number of pyridine rings is 1. The summed E-state index contributed by atoms with van der Waals surface area (Å²) in [7, 11) is 2.02. The normalized spacial score (nSPS) is 24.0. The molecule has 3 fully saturated rings. The Bertz CT molecular complexity index is 1760. The molecule has 11 heteroatoms. The van der Waals surface area contributed by atoms with Gasteiger partial charge in [0.25, 0.3) is 0 Å². The van der Waals surface area contributed by atoms with Gasteiger partial charge in [-0.05, 0) is 50.0 Å². The Labute approximate surface area is 240 Å². The van der Waals surface area contributed by atoms with Gasteiger partial charge in [0.2, 0.25) is 0 Å². The van der Waals surface area contributed by atoms with Crippen LogP contribution in [0.5, 0.6) is 11.8 Å². The molecule has 2 saturated heterocycles. The van der Waals surface area contributed by atoms with Crippen molar-refractivity contribution in [3.05, 3.63) is 47.7 Å². The Kier molecular flexibility index (Phi) is 6.55. The molecule has 42 heavy (non-hydrogen) atoms. The van der Waals surface area contributed by atoms with Gasteiger partial charge in [-0.25, -0.2) is 13.2 Å². The number of likely N-dealkylation sites (N-methyl/N-ethyl adjacent to an activating group) is 1. The van der Waals surface area contributed by atoms with Crippen LogP contribution in [0.3, 0.4) is 0 Å². The van der Waals surface area contributed by atoms with Crippen LogP contribution in [0.15, 0.2) is 30.5 Å². The summed E-state index contributed by atoms with van der Waals surface area (Å²) in [5, 5.41) is 11.4. The van der Waals surface area contributed by atoms with E-state index in [0.29, 0.717) is 37.6 Å². The van der Waals surface area contributed by atoms with Gasteiger partial charge >= 0.3 is 6.01 Å². The molecule has 4 aromatic rings. The molecule has 2 aromatic carbocycles. The fraction of sp³-hybridized carbons (Fsp3) is 0.387. The van der Waals surface area contributed by atoms with Gasteiger partial charge in [0.05, 0.1) is 30.2 Å². The molecule has 3 aliphatic rings. The first-order valence-electron chi connectivity index (χ1n) is 14.0. The minimum absolute atomic E-state index is 0.0391. The van der Waals surface area contributed by atoms with Crippen LogP contribution in [0.4, 0.5) is 19.0 Å². The number of phenolic OH excluding ortho intramolecular Hbond substituents is 1. The van der Waals surface area contributed by atoms with Crippen LogP contribution in [0, 0.1) is 29.9 Å². The maximum Gasteiger partial charge on any atom is 0.319 e. The van der Waals surface area contributed by atoms with Gasteiger partial charge in [-0.3, -0.25) is 4.98 Å². The van der Waals surface area contributed by atoms with Crippen LogP contribution in [0.25, 0.3) is 32.9 Å². The molecule has 2 aromatic heterocycles. The number of ether oxygens (including phenoxy) is 2. The van der Waals surface area contributed by atoms with Crippen molar-refractivity contribution in [2.75, 3.05) is 44.9 Å². The third-order valence-electron chi connectivity index (χ3n) is 8.62. The molecular weight excluding hydrogens is 547 g/mol. The maximum absolute atomic E-state index is 16.6. The van der Waals surface area contributed by atoms with E-state index < -0.39 is 23.8 Å². The van der Waals surface area contributed by atoms with E-state index in [-0.39, 0.29) is 56.8 Å². The SMILES string of the molecule is C#Cc1c(F)ccc2cc(O)cc(-c3ncc4c(N5CCOC[C@H]6[C@H](F)[C@H]65)nc(OC[C@@H]5CCCN5C)nc4c3F)c12. The average molecular weight is 576 g/mol. The zero-order valence-corrected chi connectivity index (χ0v) is 22.9. The summed E-state index contributed by atoms with van der Waals surface area (Å²) >= 11 is 0. The number of benzene rings is 2. The number of rotatable bonds is 5. The highest BCUT2D eigenvalue weighted by atomic mass is 19.1. The van der Waals surface area contributed by atoms with E-state index in [9.17, 15) is 13.9 Å². The second-order valence-corrected chi connectivity index (χ2v) is 11.1. The Morgan fingerprint density at radius 1 is 1.21 bits per heavy atom.